The first-order chi connectivity index (χ1) is 8.47. The standard InChI is InChI=1S/C12H17NO5/c1-13(2)8-6-7(12(14)15)9(16-3)11(18-5)10(8)17-4/h6H,1-5H3,(H,14,15). The van der Waals surface area contributed by atoms with Crippen LogP contribution in [0.15, 0.2) is 6.07 Å². The van der Waals surface area contributed by atoms with E-state index in [9.17, 15) is 9.90 Å². The summed E-state index contributed by atoms with van der Waals surface area (Å²) in [4.78, 5) is 13.0. The molecule has 0 unspecified atom stereocenters. The molecule has 1 aromatic carbocycles. The molecule has 0 heterocycles. The predicted octanol–water partition coefficient (Wildman–Crippen LogP) is 1.48. The first kappa shape index (κ1) is 14.0. The first-order valence-corrected chi connectivity index (χ1v) is 5.21. The lowest BCUT2D eigenvalue weighted by atomic mass is 10.1. The van der Waals surface area contributed by atoms with Crippen molar-refractivity contribution in [2.75, 3.05) is 40.3 Å². The van der Waals surface area contributed by atoms with Crippen LogP contribution in [0.4, 0.5) is 5.69 Å². The van der Waals surface area contributed by atoms with Gasteiger partial charge in [-0.3, -0.25) is 0 Å². The van der Waals surface area contributed by atoms with Gasteiger partial charge in [-0.15, -0.1) is 0 Å². The van der Waals surface area contributed by atoms with Crippen LogP contribution in [0.2, 0.25) is 0 Å². The molecule has 0 aliphatic carbocycles. The highest BCUT2D eigenvalue weighted by Crippen LogP contribution is 2.46. The Bertz CT molecular complexity index is 456. The normalized spacial score (nSPS) is 9.83. The summed E-state index contributed by atoms with van der Waals surface area (Å²) < 4.78 is 15.6. The summed E-state index contributed by atoms with van der Waals surface area (Å²) in [5.41, 5.74) is 0.631. The Morgan fingerprint density at radius 2 is 1.56 bits per heavy atom. The molecule has 0 aliphatic heterocycles. The maximum Gasteiger partial charge on any atom is 0.339 e. The summed E-state index contributed by atoms with van der Waals surface area (Å²) in [6, 6.07) is 1.49. The van der Waals surface area contributed by atoms with E-state index in [2.05, 4.69) is 0 Å². The van der Waals surface area contributed by atoms with Crippen LogP contribution in [0, 0.1) is 0 Å². The van der Waals surface area contributed by atoms with Crippen LogP contribution in [0.3, 0.4) is 0 Å². The fraction of sp³-hybridized carbons (Fsp3) is 0.417. The molecular weight excluding hydrogens is 238 g/mol. The van der Waals surface area contributed by atoms with E-state index in [1.54, 1.807) is 19.0 Å². The largest absolute Gasteiger partial charge is 0.492 e. The number of carboxylic acid groups (broad SMARTS) is 1. The molecule has 0 amide bonds. The number of anilines is 1. The molecule has 0 saturated carbocycles. The van der Waals surface area contributed by atoms with Crippen molar-refractivity contribution in [1.82, 2.24) is 0 Å². The van der Waals surface area contributed by atoms with Gasteiger partial charge >= 0.3 is 5.97 Å². The summed E-state index contributed by atoms with van der Waals surface area (Å²) in [6.45, 7) is 0. The van der Waals surface area contributed by atoms with Gasteiger partial charge in [0.25, 0.3) is 0 Å². The molecule has 18 heavy (non-hydrogen) atoms. The highest BCUT2D eigenvalue weighted by Gasteiger charge is 2.24. The number of hydrogen-bond donors (Lipinski definition) is 1. The van der Waals surface area contributed by atoms with Gasteiger partial charge in [0.1, 0.15) is 5.56 Å². The molecule has 0 saturated heterocycles. The van der Waals surface area contributed by atoms with Gasteiger partial charge in [0.15, 0.2) is 11.5 Å². The highest BCUT2D eigenvalue weighted by atomic mass is 16.5. The minimum atomic E-state index is -1.09. The zero-order chi connectivity index (χ0) is 13.9. The Morgan fingerprint density at radius 1 is 1.06 bits per heavy atom. The third-order valence-corrected chi connectivity index (χ3v) is 2.50. The average Bonchev–Trinajstić information content (AvgIpc) is 2.35. The Kier molecular flexibility index (Phi) is 4.25. The lowest BCUT2D eigenvalue weighted by Crippen LogP contribution is -2.13. The smallest absolute Gasteiger partial charge is 0.339 e. The van der Waals surface area contributed by atoms with Crippen molar-refractivity contribution in [1.29, 1.82) is 0 Å². The number of nitrogens with zero attached hydrogens (tertiary/aromatic N) is 1. The molecule has 6 nitrogen and oxygen atoms in total. The average molecular weight is 255 g/mol. The minimum Gasteiger partial charge on any atom is -0.492 e. The fourth-order valence-corrected chi connectivity index (χ4v) is 1.69. The Balaban J connectivity index is 3.67. The van der Waals surface area contributed by atoms with E-state index >= 15 is 0 Å². The predicted molar refractivity (Wildman–Crippen MR) is 67.4 cm³/mol. The monoisotopic (exact) mass is 255 g/mol. The van der Waals surface area contributed by atoms with Crippen LogP contribution in [0.1, 0.15) is 10.4 Å². The van der Waals surface area contributed by atoms with Crippen molar-refractivity contribution in [3.05, 3.63) is 11.6 Å². The van der Waals surface area contributed by atoms with Crippen molar-refractivity contribution in [2.45, 2.75) is 0 Å². The SMILES string of the molecule is COc1c(C(=O)O)cc(N(C)C)c(OC)c1OC. The fourth-order valence-electron chi connectivity index (χ4n) is 1.69. The van der Waals surface area contributed by atoms with Crippen LogP contribution in [-0.2, 0) is 0 Å². The lowest BCUT2D eigenvalue weighted by Gasteiger charge is -2.21. The number of methoxy groups -OCH3 is 3. The van der Waals surface area contributed by atoms with E-state index in [0.29, 0.717) is 11.4 Å². The maximum atomic E-state index is 11.2. The molecule has 0 spiro atoms. The number of ether oxygens (including phenoxy) is 3. The Morgan fingerprint density at radius 3 is 1.89 bits per heavy atom. The van der Waals surface area contributed by atoms with E-state index in [-0.39, 0.29) is 17.1 Å². The van der Waals surface area contributed by atoms with Crippen molar-refractivity contribution in [2.24, 2.45) is 0 Å². The minimum absolute atomic E-state index is 0.0267. The van der Waals surface area contributed by atoms with E-state index in [1.807, 2.05) is 0 Å². The van der Waals surface area contributed by atoms with Crippen molar-refractivity contribution >= 4 is 11.7 Å². The third kappa shape index (κ3) is 2.27. The molecule has 0 aromatic heterocycles. The van der Waals surface area contributed by atoms with Crippen molar-refractivity contribution in [3.8, 4) is 17.2 Å². The number of benzene rings is 1. The first-order valence-electron chi connectivity index (χ1n) is 5.21. The van der Waals surface area contributed by atoms with Gasteiger partial charge in [-0.25, -0.2) is 4.79 Å². The van der Waals surface area contributed by atoms with Gasteiger partial charge in [-0.1, -0.05) is 0 Å². The Labute approximate surface area is 106 Å². The van der Waals surface area contributed by atoms with Gasteiger partial charge in [0.05, 0.1) is 27.0 Å². The molecule has 0 fully saturated rings. The summed E-state index contributed by atoms with van der Waals surface area (Å²) in [5, 5.41) is 9.19. The summed E-state index contributed by atoms with van der Waals surface area (Å²) in [7, 11) is 7.89. The molecule has 6 heteroatoms. The number of carboxylic acids is 1. The second-order valence-corrected chi connectivity index (χ2v) is 3.74. The molecule has 1 aromatic rings. The number of hydrogen-bond acceptors (Lipinski definition) is 5. The van der Waals surface area contributed by atoms with Crippen LogP contribution < -0.4 is 19.1 Å². The molecule has 0 atom stereocenters. The Hall–Kier alpha value is -2.11. The number of rotatable bonds is 5. The maximum absolute atomic E-state index is 11.2. The van der Waals surface area contributed by atoms with Gasteiger partial charge in [0.2, 0.25) is 5.75 Å². The second-order valence-electron chi connectivity index (χ2n) is 3.74. The topological polar surface area (TPSA) is 68.2 Å². The zero-order valence-corrected chi connectivity index (χ0v) is 11.1. The molecule has 0 bridgehead atoms. The second kappa shape index (κ2) is 5.48. The van der Waals surface area contributed by atoms with E-state index in [0.717, 1.165) is 0 Å². The number of carbonyl (C=O) groups is 1. The van der Waals surface area contributed by atoms with Crippen LogP contribution in [0.5, 0.6) is 17.2 Å². The van der Waals surface area contributed by atoms with Gasteiger partial charge in [-0.2, -0.15) is 0 Å². The van der Waals surface area contributed by atoms with Crippen LogP contribution >= 0.6 is 0 Å². The zero-order valence-electron chi connectivity index (χ0n) is 11.1. The third-order valence-electron chi connectivity index (χ3n) is 2.50. The molecule has 1 rings (SSSR count). The summed E-state index contributed by atoms with van der Waals surface area (Å²) in [6.07, 6.45) is 0. The van der Waals surface area contributed by atoms with Gasteiger partial charge in [0, 0.05) is 14.1 Å². The molecular formula is C12H17NO5. The highest BCUT2D eigenvalue weighted by molar-refractivity contribution is 5.95. The van der Waals surface area contributed by atoms with Gasteiger partial charge < -0.3 is 24.2 Å². The summed E-state index contributed by atoms with van der Waals surface area (Å²) in [5.74, 6) is -0.240. The van der Waals surface area contributed by atoms with Crippen molar-refractivity contribution in [3.63, 3.8) is 0 Å². The molecule has 100 valence electrons. The number of aromatic carboxylic acids is 1. The van der Waals surface area contributed by atoms with E-state index in [4.69, 9.17) is 14.2 Å². The molecule has 0 radical (unpaired) electrons. The van der Waals surface area contributed by atoms with Crippen molar-refractivity contribution < 1.29 is 24.1 Å². The molecule has 0 aliphatic rings. The van der Waals surface area contributed by atoms with E-state index < -0.39 is 5.97 Å². The van der Waals surface area contributed by atoms with Crippen LogP contribution in [0.25, 0.3) is 0 Å². The van der Waals surface area contributed by atoms with Crippen LogP contribution in [-0.4, -0.2) is 46.5 Å². The molecule has 1 N–H and O–H groups in total. The lowest BCUT2D eigenvalue weighted by molar-refractivity contribution is 0.0692. The quantitative estimate of drug-likeness (QED) is 0.859. The van der Waals surface area contributed by atoms with E-state index in [1.165, 1.54) is 27.4 Å². The van der Waals surface area contributed by atoms with Gasteiger partial charge in [-0.05, 0) is 6.07 Å². The summed E-state index contributed by atoms with van der Waals surface area (Å²) >= 11 is 0.